The molecule has 4 rings (SSSR count). The first-order valence-corrected chi connectivity index (χ1v) is 8.96. The van der Waals surface area contributed by atoms with Crippen LogP contribution in [0.5, 0.6) is 0 Å². The Labute approximate surface area is 150 Å². The number of fused-ring (bicyclic) bond motifs is 1. The Kier molecular flexibility index (Phi) is 3.99. The summed E-state index contributed by atoms with van der Waals surface area (Å²) in [5.74, 6) is -1.52. The van der Waals surface area contributed by atoms with Crippen molar-refractivity contribution in [2.24, 2.45) is 0 Å². The predicted octanol–water partition coefficient (Wildman–Crippen LogP) is 2.12. The van der Waals surface area contributed by atoms with E-state index in [0.29, 0.717) is 29.4 Å². The van der Waals surface area contributed by atoms with Gasteiger partial charge in [0.1, 0.15) is 5.56 Å². The zero-order valence-corrected chi connectivity index (χ0v) is 14.9. The lowest BCUT2D eigenvalue weighted by atomic mass is 10.0. The summed E-state index contributed by atoms with van der Waals surface area (Å²) >= 11 is 0. The molecule has 1 saturated heterocycles. The minimum absolute atomic E-state index is 0.240. The van der Waals surface area contributed by atoms with Crippen LogP contribution in [-0.2, 0) is 0 Å². The molecule has 1 atom stereocenters. The SMILES string of the molecule is CNC1CCN(c2c(F)cn3c(=O)c(C(=O)O)cc(C4CC4)c3c2C)C1. The molecule has 0 amide bonds. The van der Waals surface area contributed by atoms with Gasteiger partial charge in [0.25, 0.3) is 5.56 Å². The van der Waals surface area contributed by atoms with E-state index in [4.69, 9.17) is 0 Å². The number of aromatic carboxylic acids is 1. The van der Waals surface area contributed by atoms with Gasteiger partial charge in [0.15, 0.2) is 5.82 Å². The van der Waals surface area contributed by atoms with Crippen molar-refractivity contribution in [3.8, 4) is 0 Å². The number of carbonyl (C=O) groups is 1. The van der Waals surface area contributed by atoms with E-state index in [1.54, 1.807) is 0 Å². The molecule has 0 bridgehead atoms. The van der Waals surface area contributed by atoms with E-state index >= 15 is 0 Å². The first-order valence-electron chi connectivity index (χ1n) is 8.96. The number of likely N-dealkylation sites (N-methyl/N-ethyl adjacent to an activating group) is 1. The van der Waals surface area contributed by atoms with Gasteiger partial charge in [-0.2, -0.15) is 0 Å². The zero-order valence-electron chi connectivity index (χ0n) is 14.9. The highest BCUT2D eigenvalue weighted by atomic mass is 19.1. The van der Waals surface area contributed by atoms with Crippen LogP contribution in [0.1, 0.15) is 46.7 Å². The van der Waals surface area contributed by atoms with Crippen LogP contribution in [0.4, 0.5) is 10.1 Å². The van der Waals surface area contributed by atoms with Gasteiger partial charge in [-0.15, -0.1) is 0 Å². The van der Waals surface area contributed by atoms with Crippen molar-refractivity contribution >= 4 is 17.2 Å². The van der Waals surface area contributed by atoms with Crippen LogP contribution in [0.2, 0.25) is 0 Å². The van der Waals surface area contributed by atoms with E-state index < -0.39 is 17.3 Å². The molecule has 138 valence electrons. The number of carboxylic acid groups (broad SMARTS) is 1. The quantitative estimate of drug-likeness (QED) is 0.875. The molecule has 2 aliphatic rings. The van der Waals surface area contributed by atoms with Gasteiger partial charge in [-0.1, -0.05) is 0 Å². The van der Waals surface area contributed by atoms with Crippen molar-refractivity contribution in [1.82, 2.24) is 9.72 Å². The minimum Gasteiger partial charge on any atom is -0.477 e. The number of rotatable bonds is 4. The lowest BCUT2D eigenvalue weighted by Crippen LogP contribution is -2.31. The molecule has 0 radical (unpaired) electrons. The van der Waals surface area contributed by atoms with Crippen LogP contribution in [0.15, 0.2) is 17.1 Å². The Hall–Kier alpha value is -2.41. The molecule has 0 aromatic carbocycles. The predicted molar refractivity (Wildman–Crippen MR) is 97.0 cm³/mol. The van der Waals surface area contributed by atoms with Gasteiger partial charge in [0, 0.05) is 19.1 Å². The van der Waals surface area contributed by atoms with E-state index in [0.717, 1.165) is 37.6 Å². The summed E-state index contributed by atoms with van der Waals surface area (Å²) in [7, 11) is 1.90. The first-order chi connectivity index (χ1) is 12.4. The number of halogens is 1. The highest BCUT2D eigenvalue weighted by Gasteiger charge is 2.32. The number of hydrogen-bond acceptors (Lipinski definition) is 4. The molecule has 26 heavy (non-hydrogen) atoms. The van der Waals surface area contributed by atoms with Gasteiger partial charge < -0.3 is 15.3 Å². The van der Waals surface area contributed by atoms with Crippen molar-refractivity contribution in [2.75, 3.05) is 25.0 Å². The Balaban J connectivity index is 1.97. The number of aromatic nitrogens is 1. The molecular formula is C19H22FN3O3. The van der Waals surface area contributed by atoms with Crippen molar-refractivity contribution in [1.29, 1.82) is 0 Å². The van der Waals surface area contributed by atoms with Gasteiger partial charge in [-0.25, -0.2) is 9.18 Å². The third-order valence-corrected chi connectivity index (χ3v) is 5.60. The fourth-order valence-electron chi connectivity index (χ4n) is 4.09. The second kappa shape index (κ2) is 6.09. The van der Waals surface area contributed by atoms with Crippen LogP contribution in [0, 0.1) is 12.7 Å². The molecule has 1 saturated carbocycles. The molecule has 2 aromatic heterocycles. The van der Waals surface area contributed by atoms with Crippen LogP contribution in [0.3, 0.4) is 0 Å². The topological polar surface area (TPSA) is 74.0 Å². The van der Waals surface area contributed by atoms with E-state index in [-0.39, 0.29) is 11.5 Å². The standard InChI is InChI=1S/C19H22FN3O3/c1-10-16-13(11-3-4-11)7-14(19(25)26)18(24)23(16)9-15(20)17(10)22-6-5-12(8-22)21-2/h7,9,11-12,21H,3-6,8H2,1-2H3,(H,25,26). The maximum absolute atomic E-state index is 15.0. The van der Waals surface area contributed by atoms with Crippen molar-refractivity contribution in [2.45, 2.75) is 38.1 Å². The molecule has 2 aromatic rings. The van der Waals surface area contributed by atoms with Crippen molar-refractivity contribution in [3.63, 3.8) is 0 Å². The lowest BCUT2D eigenvalue weighted by molar-refractivity contribution is 0.0694. The Morgan fingerprint density at radius 2 is 2.08 bits per heavy atom. The third-order valence-electron chi connectivity index (χ3n) is 5.60. The fourth-order valence-corrected chi connectivity index (χ4v) is 4.09. The smallest absolute Gasteiger partial charge is 0.341 e. The van der Waals surface area contributed by atoms with Crippen molar-refractivity contribution < 1.29 is 14.3 Å². The molecule has 7 heteroatoms. The second-order valence-electron chi connectivity index (χ2n) is 7.29. The molecule has 2 fully saturated rings. The first kappa shape index (κ1) is 17.0. The molecule has 1 aliphatic carbocycles. The van der Waals surface area contributed by atoms with Gasteiger partial charge in [0.05, 0.1) is 17.4 Å². The fraction of sp³-hybridized carbons (Fsp3) is 0.474. The summed E-state index contributed by atoms with van der Waals surface area (Å²) in [6.45, 7) is 3.28. The number of nitrogens with one attached hydrogen (secondary N) is 1. The molecule has 1 unspecified atom stereocenters. The number of anilines is 1. The minimum atomic E-state index is -1.27. The van der Waals surface area contributed by atoms with Crippen LogP contribution in [0.25, 0.3) is 5.52 Å². The molecule has 2 N–H and O–H groups in total. The van der Waals surface area contributed by atoms with E-state index in [9.17, 15) is 19.1 Å². The zero-order chi connectivity index (χ0) is 18.6. The average molecular weight is 359 g/mol. The Bertz CT molecular complexity index is 965. The maximum Gasteiger partial charge on any atom is 0.341 e. The Morgan fingerprint density at radius 1 is 1.35 bits per heavy atom. The number of carboxylic acids is 1. The summed E-state index contributed by atoms with van der Waals surface area (Å²) < 4.78 is 16.1. The number of pyridine rings is 2. The normalized spacial score (nSPS) is 20.1. The molecule has 3 heterocycles. The number of aryl methyl sites for hydroxylation is 1. The summed E-state index contributed by atoms with van der Waals surface area (Å²) in [5, 5.41) is 12.6. The monoisotopic (exact) mass is 359 g/mol. The molecule has 6 nitrogen and oxygen atoms in total. The summed E-state index contributed by atoms with van der Waals surface area (Å²) in [6.07, 6.45) is 4.01. The summed E-state index contributed by atoms with van der Waals surface area (Å²) in [5.41, 5.74) is 1.74. The van der Waals surface area contributed by atoms with Crippen molar-refractivity contribution in [3.05, 3.63) is 45.1 Å². The molecule has 0 spiro atoms. The highest BCUT2D eigenvalue weighted by molar-refractivity contribution is 5.89. The van der Waals surface area contributed by atoms with Gasteiger partial charge in [-0.3, -0.25) is 9.20 Å². The number of nitrogens with zero attached hydrogens (tertiary/aromatic N) is 2. The van der Waals surface area contributed by atoms with Crippen LogP contribution >= 0.6 is 0 Å². The lowest BCUT2D eigenvalue weighted by Gasteiger charge is -2.24. The van der Waals surface area contributed by atoms with E-state index in [1.165, 1.54) is 10.5 Å². The highest BCUT2D eigenvalue weighted by Crippen LogP contribution is 2.44. The van der Waals surface area contributed by atoms with Crippen LogP contribution in [-0.4, -0.2) is 41.7 Å². The third kappa shape index (κ3) is 2.58. The van der Waals surface area contributed by atoms with E-state index in [1.807, 2.05) is 18.9 Å². The van der Waals surface area contributed by atoms with Gasteiger partial charge in [0.2, 0.25) is 0 Å². The van der Waals surface area contributed by atoms with Gasteiger partial charge in [-0.05, 0) is 56.3 Å². The average Bonchev–Trinajstić information content (AvgIpc) is 3.33. The Morgan fingerprint density at radius 3 is 2.65 bits per heavy atom. The second-order valence-corrected chi connectivity index (χ2v) is 7.29. The number of hydrogen-bond donors (Lipinski definition) is 2. The maximum atomic E-state index is 15.0. The summed E-state index contributed by atoms with van der Waals surface area (Å²) in [6, 6.07) is 1.80. The van der Waals surface area contributed by atoms with E-state index in [2.05, 4.69) is 5.32 Å². The van der Waals surface area contributed by atoms with Gasteiger partial charge >= 0.3 is 5.97 Å². The molecular weight excluding hydrogens is 337 g/mol. The van der Waals surface area contributed by atoms with Crippen LogP contribution < -0.4 is 15.8 Å². The summed E-state index contributed by atoms with van der Waals surface area (Å²) in [4.78, 5) is 26.1. The molecule has 1 aliphatic heterocycles. The largest absolute Gasteiger partial charge is 0.477 e.